The van der Waals surface area contributed by atoms with Gasteiger partial charge in [0.25, 0.3) is 5.91 Å². The Balaban J connectivity index is 1.79. The van der Waals surface area contributed by atoms with Crippen molar-refractivity contribution in [2.75, 3.05) is 17.2 Å². The van der Waals surface area contributed by atoms with Crippen LogP contribution in [0.3, 0.4) is 0 Å². The van der Waals surface area contributed by atoms with E-state index in [1.807, 2.05) is 64.1 Å². The van der Waals surface area contributed by atoms with Gasteiger partial charge in [-0.2, -0.15) is 0 Å². The topological polar surface area (TPSA) is 67.4 Å². The van der Waals surface area contributed by atoms with Gasteiger partial charge in [0.1, 0.15) is 5.75 Å². The predicted molar refractivity (Wildman–Crippen MR) is 118 cm³/mol. The van der Waals surface area contributed by atoms with Crippen molar-refractivity contribution in [3.63, 3.8) is 0 Å². The Bertz CT molecular complexity index is 1030. The highest BCUT2D eigenvalue weighted by Crippen LogP contribution is 2.27. The minimum absolute atomic E-state index is 0.0631. The van der Waals surface area contributed by atoms with Crippen molar-refractivity contribution < 1.29 is 14.3 Å². The second-order valence-corrected chi connectivity index (χ2v) is 7.86. The van der Waals surface area contributed by atoms with Crippen LogP contribution in [-0.4, -0.2) is 18.4 Å². The van der Waals surface area contributed by atoms with E-state index in [9.17, 15) is 9.59 Å². The molecule has 3 aromatic carbocycles. The SMILES string of the molecule is CCOc1cc2ccccc2cc1C(=O)Nc1ccc(NC(=O)C(C)(C)C)cc1. The first-order chi connectivity index (χ1) is 13.8. The van der Waals surface area contributed by atoms with E-state index in [0.29, 0.717) is 29.3 Å². The lowest BCUT2D eigenvalue weighted by molar-refractivity contribution is -0.123. The third-order valence-corrected chi connectivity index (χ3v) is 4.47. The normalized spacial score (nSPS) is 11.2. The van der Waals surface area contributed by atoms with Gasteiger partial charge in [-0.25, -0.2) is 0 Å². The number of anilines is 2. The van der Waals surface area contributed by atoms with Crippen LogP contribution < -0.4 is 15.4 Å². The zero-order chi connectivity index (χ0) is 21.0. The average Bonchev–Trinajstić information content (AvgIpc) is 2.68. The predicted octanol–water partition coefficient (Wildman–Crippen LogP) is 5.48. The van der Waals surface area contributed by atoms with Crippen molar-refractivity contribution in [2.24, 2.45) is 5.41 Å². The zero-order valence-electron chi connectivity index (χ0n) is 17.2. The van der Waals surface area contributed by atoms with Gasteiger partial charge in [0.2, 0.25) is 5.91 Å². The second kappa shape index (κ2) is 8.35. The molecule has 2 N–H and O–H groups in total. The summed E-state index contributed by atoms with van der Waals surface area (Å²) < 4.78 is 5.69. The first-order valence-corrected chi connectivity index (χ1v) is 9.66. The molecule has 29 heavy (non-hydrogen) atoms. The van der Waals surface area contributed by atoms with Gasteiger partial charge >= 0.3 is 0 Å². The van der Waals surface area contributed by atoms with E-state index in [-0.39, 0.29) is 11.8 Å². The van der Waals surface area contributed by atoms with Crippen molar-refractivity contribution >= 4 is 34.0 Å². The highest BCUT2D eigenvalue weighted by atomic mass is 16.5. The largest absolute Gasteiger partial charge is 0.493 e. The molecule has 0 aliphatic carbocycles. The summed E-state index contributed by atoms with van der Waals surface area (Å²) in [6.45, 7) is 7.94. The minimum atomic E-state index is -0.474. The first-order valence-electron chi connectivity index (χ1n) is 9.66. The number of rotatable bonds is 5. The number of fused-ring (bicyclic) bond motifs is 1. The van der Waals surface area contributed by atoms with Gasteiger partial charge in [-0.1, -0.05) is 45.0 Å². The Morgan fingerprint density at radius 1 is 0.862 bits per heavy atom. The highest BCUT2D eigenvalue weighted by molar-refractivity contribution is 6.08. The highest BCUT2D eigenvalue weighted by Gasteiger charge is 2.21. The molecule has 0 saturated heterocycles. The summed E-state index contributed by atoms with van der Waals surface area (Å²) >= 11 is 0. The standard InChI is InChI=1S/C24H26N2O3/c1-5-29-21-15-17-9-7-6-8-16(17)14-20(21)22(27)25-18-10-12-19(13-11-18)26-23(28)24(2,3)4/h6-15H,5H2,1-4H3,(H,25,27)(H,26,28). The molecule has 150 valence electrons. The van der Waals surface area contributed by atoms with Crippen LogP contribution in [-0.2, 0) is 4.79 Å². The molecule has 2 amide bonds. The molecule has 3 aromatic rings. The van der Waals surface area contributed by atoms with E-state index < -0.39 is 5.41 Å². The summed E-state index contributed by atoms with van der Waals surface area (Å²) in [5, 5.41) is 7.76. The number of carbonyl (C=O) groups excluding carboxylic acids is 2. The van der Waals surface area contributed by atoms with E-state index in [1.54, 1.807) is 24.3 Å². The quantitative estimate of drug-likeness (QED) is 0.606. The molecular formula is C24H26N2O3. The van der Waals surface area contributed by atoms with Crippen LogP contribution in [0.4, 0.5) is 11.4 Å². The molecule has 0 unspecified atom stereocenters. The molecule has 0 fully saturated rings. The van der Waals surface area contributed by atoms with Gasteiger partial charge < -0.3 is 15.4 Å². The average molecular weight is 390 g/mol. The monoisotopic (exact) mass is 390 g/mol. The maximum Gasteiger partial charge on any atom is 0.259 e. The summed E-state index contributed by atoms with van der Waals surface area (Å²) in [7, 11) is 0. The molecule has 0 spiro atoms. The summed E-state index contributed by atoms with van der Waals surface area (Å²) in [6, 6.07) is 18.6. The molecule has 3 rings (SSSR count). The third kappa shape index (κ3) is 4.93. The van der Waals surface area contributed by atoms with Crippen molar-refractivity contribution in [2.45, 2.75) is 27.7 Å². The summed E-state index contributed by atoms with van der Waals surface area (Å²) in [4.78, 5) is 25.0. The summed E-state index contributed by atoms with van der Waals surface area (Å²) in [5.41, 5.74) is 1.33. The van der Waals surface area contributed by atoms with E-state index in [1.165, 1.54) is 0 Å². The van der Waals surface area contributed by atoms with Gasteiger partial charge in [-0.3, -0.25) is 9.59 Å². The number of hydrogen-bond donors (Lipinski definition) is 2. The van der Waals surface area contributed by atoms with Crippen molar-refractivity contribution in [1.29, 1.82) is 0 Å². The van der Waals surface area contributed by atoms with E-state index >= 15 is 0 Å². The molecule has 0 aliphatic rings. The number of hydrogen-bond acceptors (Lipinski definition) is 3. The Morgan fingerprint density at radius 2 is 1.41 bits per heavy atom. The number of benzene rings is 3. The molecule has 0 aromatic heterocycles. The maximum absolute atomic E-state index is 12.9. The molecule has 0 atom stereocenters. The van der Waals surface area contributed by atoms with E-state index in [2.05, 4.69) is 10.6 Å². The maximum atomic E-state index is 12.9. The van der Waals surface area contributed by atoms with Crippen molar-refractivity contribution in [3.05, 3.63) is 66.2 Å². The Kier molecular flexibility index (Phi) is 5.87. The van der Waals surface area contributed by atoms with Crippen LogP contribution in [0.1, 0.15) is 38.1 Å². The van der Waals surface area contributed by atoms with Gasteiger partial charge in [-0.15, -0.1) is 0 Å². The Morgan fingerprint density at radius 3 is 1.97 bits per heavy atom. The van der Waals surface area contributed by atoms with Crippen molar-refractivity contribution in [1.82, 2.24) is 0 Å². The van der Waals surface area contributed by atoms with Crippen LogP contribution in [0.5, 0.6) is 5.75 Å². The van der Waals surface area contributed by atoms with Crippen LogP contribution >= 0.6 is 0 Å². The number of nitrogens with one attached hydrogen (secondary N) is 2. The van der Waals surface area contributed by atoms with Crippen LogP contribution in [0, 0.1) is 5.41 Å². The number of ether oxygens (including phenoxy) is 1. The lowest BCUT2D eigenvalue weighted by atomic mass is 9.95. The number of amides is 2. The Hall–Kier alpha value is -3.34. The molecule has 5 nitrogen and oxygen atoms in total. The molecule has 0 radical (unpaired) electrons. The van der Waals surface area contributed by atoms with Gasteiger partial charge in [-0.05, 0) is 54.1 Å². The van der Waals surface area contributed by atoms with E-state index in [0.717, 1.165) is 10.8 Å². The molecule has 5 heteroatoms. The minimum Gasteiger partial charge on any atom is -0.493 e. The van der Waals surface area contributed by atoms with Gasteiger partial charge in [0.05, 0.1) is 12.2 Å². The summed E-state index contributed by atoms with van der Waals surface area (Å²) in [5.74, 6) is 0.246. The summed E-state index contributed by atoms with van der Waals surface area (Å²) in [6.07, 6.45) is 0. The Labute approximate surface area is 171 Å². The van der Waals surface area contributed by atoms with E-state index in [4.69, 9.17) is 4.74 Å². The van der Waals surface area contributed by atoms with Crippen LogP contribution in [0.2, 0.25) is 0 Å². The lowest BCUT2D eigenvalue weighted by Crippen LogP contribution is -2.27. The van der Waals surface area contributed by atoms with Crippen LogP contribution in [0.25, 0.3) is 10.8 Å². The first kappa shape index (κ1) is 20.4. The molecule has 0 aliphatic heterocycles. The van der Waals surface area contributed by atoms with Crippen molar-refractivity contribution in [3.8, 4) is 5.75 Å². The molecule has 0 heterocycles. The molecular weight excluding hydrogens is 364 g/mol. The molecule has 0 bridgehead atoms. The van der Waals surface area contributed by atoms with Gasteiger partial charge in [0, 0.05) is 16.8 Å². The van der Waals surface area contributed by atoms with Gasteiger partial charge in [0.15, 0.2) is 0 Å². The fourth-order valence-electron chi connectivity index (χ4n) is 2.83. The lowest BCUT2D eigenvalue weighted by Gasteiger charge is -2.18. The fraction of sp³-hybridized carbons (Fsp3) is 0.250. The second-order valence-electron chi connectivity index (χ2n) is 7.86. The number of carbonyl (C=O) groups is 2. The van der Waals surface area contributed by atoms with Crippen LogP contribution in [0.15, 0.2) is 60.7 Å². The molecule has 0 saturated carbocycles. The third-order valence-electron chi connectivity index (χ3n) is 4.47. The smallest absolute Gasteiger partial charge is 0.259 e. The zero-order valence-corrected chi connectivity index (χ0v) is 17.2. The fourth-order valence-corrected chi connectivity index (χ4v) is 2.83.